The van der Waals surface area contributed by atoms with Crippen molar-refractivity contribution >= 4 is 5.96 Å². The molecule has 1 heterocycles. The first-order valence-electron chi connectivity index (χ1n) is 9.12. The highest BCUT2D eigenvalue weighted by Crippen LogP contribution is 2.37. The Bertz CT molecular complexity index is 601. The molecular weight excluding hydrogens is 321 g/mol. The Balaban J connectivity index is 1.77. The summed E-state index contributed by atoms with van der Waals surface area (Å²) in [7, 11) is 1.74. The predicted octanol–water partition coefficient (Wildman–Crippen LogP) is 2.88. The number of aliphatic hydroxyl groups excluding tert-OH is 1. The number of hydrogen-bond donors (Lipinski definition) is 2. The molecule has 138 valence electrons. The van der Waals surface area contributed by atoms with E-state index in [0.717, 1.165) is 6.42 Å². The molecule has 3 rings (SSSR count). The summed E-state index contributed by atoms with van der Waals surface area (Å²) < 4.78 is 19.0. The number of halogens is 1. The second-order valence-corrected chi connectivity index (χ2v) is 7.44. The van der Waals surface area contributed by atoms with Gasteiger partial charge in [-0.15, -0.1) is 0 Å². The summed E-state index contributed by atoms with van der Waals surface area (Å²) in [4.78, 5) is 6.33. The number of aliphatic imine (C=N–C) groups is 1. The number of aliphatic hydroxyl groups is 1. The van der Waals surface area contributed by atoms with E-state index in [2.05, 4.69) is 0 Å². The highest BCUT2D eigenvalue weighted by Gasteiger charge is 2.41. The summed E-state index contributed by atoms with van der Waals surface area (Å²) in [5, 5.41) is 10.4. The molecule has 2 atom stereocenters. The predicted molar refractivity (Wildman–Crippen MR) is 95.8 cm³/mol. The van der Waals surface area contributed by atoms with Gasteiger partial charge in [0.1, 0.15) is 29.9 Å². The van der Waals surface area contributed by atoms with Gasteiger partial charge in [-0.1, -0.05) is 32.1 Å². The lowest BCUT2D eigenvalue weighted by atomic mass is 9.77. The summed E-state index contributed by atoms with van der Waals surface area (Å²) in [5.74, 6) is 1.24. The highest BCUT2D eigenvalue weighted by atomic mass is 19.1. The van der Waals surface area contributed by atoms with Crippen molar-refractivity contribution in [1.29, 1.82) is 0 Å². The number of rotatable bonds is 5. The van der Waals surface area contributed by atoms with Gasteiger partial charge in [-0.2, -0.15) is 0 Å². The lowest BCUT2D eigenvalue weighted by Gasteiger charge is -2.42. The van der Waals surface area contributed by atoms with Gasteiger partial charge in [0.05, 0.1) is 0 Å². The molecule has 1 aliphatic heterocycles. The lowest BCUT2D eigenvalue weighted by Crippen LogP contribution is -2.54. The zero-order valence-electron chi connectivity index (χ0n) is 14.8. The van der Waals surface area contributed by atoms with E-state index in [1.165, 1.54) is 44.2 Å². The van der Waals surface area contributed by atoms with Gasteiger partial charge in [0.15, 0.2) is 5.96 Å². The third kappa shape index (κ3) is 4.42. The van der Waals surface area contributed by atoms with Crippen LogP contribution >= 0.6 is 0 Å². The van der Waals surface area contributed by atoms with Crippen LogP contribution in [-0.2, 0) is 0 Å². The first-order chi connectivity index (χ1) is 12.0. The zero-order valence-corrected chi connectivity index (χ0v) is 14.8. The van der Waals surface area contributed by atoms with Crippen molar-refractivity contribution in [2.24, 2.45) is 16.6 Å². The van der Waals surface area contributed by atoms with Crippen LogP contribution in [0, 0.1) is 11.7 Å². The fraction of sp³-hybridized carbons (Fsp3) is 0.632. The maximum atomic E-state index is 13.1. The topological polar surface area (TPSA) is 71.1 Å². The van der Waals surface area contributed by atoms with Gasteiger partial charge in [-0.05, 0) is 36.6 Å². The maximum Gasteiger partial charge on any atom is 0.193 e. The van der Waals surface area contributed by atoms with Crippen molar-refractivity contribution in [3.05, 3.63) is 30.1 Å². The number of nitrogens with two attached hydrogens (primary N) is 1. The van der Waals surface area contributed by atoms with Gasteiger partial charge >= 0.3 is 0 Å². The lowest BCUT2D eigenvalue weighted by molar-refractivity contribution is 0.00758. The minimum absolute atomic E-state index is 0.291. The average Bonchev–Trinajstić information content (AvgIpc) is 2.60. The van der Waals surface area contributed by atoms with E-state index in [9.17, 15) is 9.50 Å². The molecule has 0 saturated heterocycles. The normalized spacial score (nSPS) is 27.9. The Morgan fingerprint density at radius 2 is 1.96 bits per heavy atom. The second kappa shape index (κ2) is 7.60. The molecule has 1 aliphatic carbocycles. The standard InChI is InChI=1S/C19H28FN3O2/c1-23-17(24)12-19(22-18(23)21,11-14-5-3-2-4-6-14)13-25-16-9-7-15(20)8-10-16/h7-10,14,17,24H,2-6,11-13H2,1H3,(H2,21,22). The molecule has 1 aromatic carbocycles. The van der Waals surface area contributed by atoms with Gasteiger partial charge < -0.3 is 20.5 Å². The Labute approximate surface area is 148 Å². The van der Waals surface area contributed by atoms with E-state index < -0.39 is 11.8 Å². The third-order valence-corrected chi connectivity index (χ3v) is 5.44. The number of guanidine groups is 1. The van der Waals surface area contributed by atoms with Crippen LogP contribution in [0.3, 0.4) is 0 Å². The molecule has 0 radical (unpaired) electrons. The fourth-order valence-corrected chi connectivity index (χ4v) is 3.95. The largest absolute Gasteiger partial charge is 0.491 e. The van der Waals surface area contributed by atoms with Crippen molar-refractivity contribution in [3.63, 3.8) is 0 Å². The first-order valence-corrected chi connectivity index (χ1v) is 9.12. The molecule has 0 aromatic heterocycles. The monoisotopic (exact) mass is 349 g/mol. The maximum absolute atomic E-state index is 13.1. The summed E-state index contributed by atoms with van der Waals surface area (Å²) >= 11 is 0. The molecule has 3 N–H and O–H groups in total. The molecule has 0 amide bonds. The molecule has 0 bridgehead atoms. The van der Waals surface area contributed by atoms with E-state index in [0.29, 0.717) is 30.7 Å². The Hall–Kier alpha value is -1.82. The van der Waals surface area contributed by atoms with Gasteiger partial charge in [0.2, 0.25) is 0 Å². The first kappa shape index (κ1) is 18.0. The van der Waals surface area contributed by atoms with Crippen LogP contribution in [0.2, 0.25) is 0 Å². The number of benzene rings is 1. The molecule has 1 saturated carbocycles. The quantitative estimate of drug-likeness (QED) is 0.857. The molecule has 2 unspecified atom stereocenters. The molecule has 5 nitrogen and oxygen atoms in total. The molecule has 0 spiro atoms. The van der Waals surface area contributed by atoms with Crippen molar-refractivity contribution in [3.8, 4) is 5.75 Å². The van der Waals surface area contributed by atoms with Crippen LogP contribution in [0.4, 0.5) is 4.39 Å². The Morgan fingerprint density at radius 3 is 2.60 bits per heavy atom. The van der Waals surface area contributed by atoms with Crippen LogP contribution in [-0.4, -0.2) is 41.4 Å². The molecule has 6 heteroatoms. The average molecular weight is 349 g/mol. The second-order valence-electron chi connectivity index (χ2n) is 7.44. The minimum Gasteiger partial charge on any atom is -0.491 e. The van der Waals surface area contributed by atoms with E-state index in [4.69, 9.17) is 15.5 Å². The molecule has 2 aliphatic rings. The van der Waals surface area contributed by atoms with Gasteiger partial charge in [-0.3, -0.25) is 0 Å². The molecule has 1 fully saturated rings. The molecular formula is C19H28FN3O2. The van der Waals surface area contributed by atoms with Crippen LogP contribution in [0.5, 0.6) is 5.75 Å². The van der Waals surface area contributed by atoms with Crippen molar-refractivity contribution in [1.82, 2.24) is 4.90 Å². The minimum atomic E-state index is -0.669. The summed E-state index contributed by atoms with van der Waals surface area (Å²) in [6, 6.07) is 5.98. The van der Waals surface area contributed by atoms with Crippen LogP contribution in [0.15, 0.2) is 29.3 Å². The van der Waals surface area contributed by atoms with Crippen LogP contribution in [0.1, 0.15) is 44.9 Å². The number of nitrogens with zero attached hydrogens (tertiary/aromatic N) is 2. The molecule has 25 heavy (non-hydrogen) atoms. The SMILES string of the molecule is CN1C(N)=NC(COc2ccc(F)cc2)(CC2CCCCC2)CC1O. The summed E-state index contributed by atoms with van der Waals surface area (Å²) in [5.41, 5.74) is 5.51. The van der Waals surface area contributed by atoms with E-state index in [1.807, 2.05) is 0 Å². The van der Waals surface area contributed by atoms with Gasteiger partial charge in [0, 0.05) is 13.5 Å². The van der Waals surface area contributed by atoms with E-state index in [-0.39, 0.29) is 5.82 Å². The smallest absolute Gasteiger partial charge is 0.193 e. The number of ether oxygens (including phenoxy) is 1. The Kier molecular flexibility index (Phi) is 5.47. The fourth-order valence-electron chi connectivity index (χ4n) is 3.95. The van der Waals surface area contributed by atoms with Crippen LogP contribution in [0.25, 0.3) is 0 Å². The van der Waals surface area contributed by atoms with Crippen molar-refractivity contribution in [2.75, 3.05) is 13.7 Å². The van der Waals surface area contributed by atoms with E-state index >= 15 is 0 Å². The van der Waals surface area contributed by atoms with E-state index in [1.54, 1.807) is 24.1 Å². The van der Waals surface area contributed by atoms with Gasteiger partial charge in [-0.25, -0.2) is 9.38 Å². The van der Waals surface area contributed by atoms with Crippen molar-refractivity contribution < 1.29 is 14.2 Å². The number of hydrogen-bond acceptors (Lipinski definition) is 5. The summed E-state index contributed by atoms with van der Waals surface area (Å²) in [6.45, 7) is 0.334. The van der Waals surface area contributed by atoms with Gasteiger partial charge in [0.25, 0.3) is 0 Å². The third-order valence-electron chi connectivity index (χ3n) is 5.44. The van der Waals surface area contributed by atoms with Crippen molar-refractivity contribution in [2.45, 2.75) is 56.7 Å². The highest BCUT2D eigenvalue weighted by molar-refractivity contribution is 5.79. The zero-order chi connectivity index (χ0) is 17.9. The Morgan fingerprint density at radius 1 is 1.28 bits per heavy atom. The van der Waals surface area contributed by atoms with Crippen LogP contribution < -0.4 is 10.5 Å². The summed E-state index contributed by atoms with van der Waals surface area (Å²) in [6.07, 6.45) is 6.87. The molecule has 1 aromatic rings.